The number of nitrogens with one attached hydrogen (secondary N) is 1. The molecule has 0 atom stereocenters. The summed E-state index contributed by atoms with van der Waals surface area (Å²) in [6.45, 7) is 1.62. The largest absolute Gasteiger partial charge is 0.466 e. The van der Waals surface area contributed by atoms with Crippen LogP contribution in [0, 0.1) is 10.1 Å². The maximum Gasteiger partial charge on any atom is 0.310 e. The number of rotatable bonds is 5. The Morgan fingerprint density at radius 3 is 2.68 bits per heavy atom. The molecule has 0 aliphatic carbocycles. The predicted octanol–water partition coefficient (Wildman–Crippen LogP) is 1.33. The fraction of sp³-hybridized carbons (Fsp3) is 0.400. The summed E-state index contributed by atoms with van der Waals surface area (Å²) < 4.78 is 29.6. The van der Waals surface area contributed by atoms with Crippen LogP contribution in [0.3, 0.4) is 0 Å². The van der Waals surface area contributed by atoms with Crippen LogP contribution >= 0.6 is 0 Å². The van der Waals surface area contributed by atoms with E-state index in [0.29, 0.717) is 6.07 Å². The van der Waals surface area contributed by atoms with E-state index in [1.807, 2.05) is 0 Å². The molecule has 0 aromatic carbocycles. The molecule has 1 aromatic rings. The zero-order chi connectivity index (χ0) is 14.6. The number of halogens is 2. The maximum atomic E-state index is 12.5. The molecule has 0 amide bonds. The van der Waals surface area contributed by atoms with Crippen LogP contribution in [-0.2, 0) is 16.0 Å². The summed E-state index contributed by atoms with van der Waals surface area (Å²) in [6.07, 6.45) is -3.71. The number of carbonyl (C=O) groups excluding carboxylic acids is 1. The number of aromatic nitrogens is 1. The minimum atomic E-state index is -3.19. The summed E-state index contributed by atoms with van der Waals surface area (Å²) in [4.78, 5) is 33.9. The fourth-order valence-electron chi connectivity index (χ4n) is 1.39. The van der Waals surface area contributed by atoms with Crippen LogP contribution in [0.5, 0.6) is 0 Å². The number of H-pyrrole nitrogens is 1. The van der Waals surface area contributed by atoms with Crippen molar-refractivity contribution in [2.75, 3.05) is 6.61 Å². The quantitative estimate of drug-likeness (QED) is 0.496. The molecule has 0 aliphatic rings. The molecule has 0 unspecified atom stereocenters. The van der Waals surface area contributed by atoms with E-state index < -0.39 is 40.7 Å². The number of alkyl halides is 2. The molecule has 1 heterocycles. The molecule has 7 nitrogen and oxygen atoms in total. The van der Waals surface area contributed by atoms with Gasteiger partial charge in [-0.2, -0.15) is 0 Å². The number of ether oxygens (including phenoxy) is 1. The van der Waals surface area contributed by atoms with Gasteiger partial charge in [-0.15, -0.1) is 0 Å². The van der Waals surface area contributed by atoms with Gasteiger partial charge >= 0.3 is 5.97 Å². The zero-order valence-corrected chi connectivity index (χ0v) is 9.81. The Morgan fingerprint density at radius 1 is 1.58 bits per heavy atom. The number of esters is 1. The molecule has 1 aromatic heterocycles. The number of hydrogen-bond acceptors (Lipinski definition) is 5. The van der Waals surface area contributed by atoms with Gasteiger partial charge in [0.1, 0.15) is 0 Å². The number of nitrogens with zero attached hydrogens (tertiary/aromatic N) is 1. The lowest BCUT2D eigenvalue weighted by Gasteiger charge is -2.05. The Bertz CT molecular complexity index is 555. The van der Waals surface area contributed by atoms with Crippen molar-refractivity contribution in [3.63, 3.8) is 0 Å². The molecule has 0 fully saturated rings. The standard InChI is InChI=1S/C10H10F2N2O5/c1-2-19-7(15)4-5-3-6(14(17)18)8(9(11)12)13-10(5)16/h3,9H,2,4H2,1H3,(H,13,16). The van der Waals surface area contributed by atoms with Crippen LogP contribution < -0.4 is 5.56 Å². The lowest BCUT2D eigenvalue weighted by Crippen LogP contribution is -2.20. The van der Waals surface area contributed by atoms with E-state index in [2.05, 4.69) is 4.74 Å². The van der Waals surface area contributed by atoms with Gasteiger partial charge in [-0.25, -0.2) is 8.78 Å². The summed E-state index contributed by atoms with van der Waals surface area (Å²) >= 11 is 0. The highest BCUT2D eigenvalue weighted by Crippen LogP contribution is 2.26. The molecular formula is C10H10F2N2O5. The monoisotopic (exact) mass is 276 g/mol. The van der Waals surface area contributed by atoms with Crippen molar-refractivity contribution in [3.8, 4) is 0 Å². The van der Waals surface area contributed by atoms with Gasteiger partial charge in [-0.1, -0.05) is 0 Å². The third kappa shape index (κ3) is 3.57. The van der Waals surface area contributed by atoms with Gasteiger partial charge in [-0.05, 0) is 6.92 Å². The van der Waals surface area contributed by atoms with Crippen molar-refractivity contribution >= 4 is 11.7 Å². The van der Waals surface area contributed by atoms with E-state index in [4.69, 9.17) is 0 Å². The van der Waals surface area contributed by atoms with Crippen LogP contribution in [-0.4, -0.2) is 22.5 Å². The van der Waals surface area contributed by atoms with Crippen molar-refractivity contribution in [2.45, 2.75) is 19.8 Å². The summed E-state index contributed by atoms with van der Waals surface area (Å²) in [5.74, 6) is -0.771. The zero-order valence-electron chi connectivity index (χ0n) is 9.81. The lowest BCUT2D eigenvalue weighted by atomic mass is 10.1. The maximum absolute atomic E-state index is 12.5. The summed E-state index contributed by atoms with van der Waals surface area (Å²) in [5.41, 5.74) is -3.29. The minimum Gasteiger partial charge on any atom is -0.466 e. The van der Waals surface area contributed by atoms with Crippen molar-refractivity contribution in [3.05, 3.63) is 37.8 Å². The highest BCUT2D eigenvalue weighted by atomic mass is 19.3. The minimum absolute atomic E-state index is 0.0773. The molecule has 0 bridgehead atoms. The fourth-order valence-corrected chi connectivity index (χ4v) is 1.39. The van der Waals surface area contributed by atoms with Gasteiger partial charge in [0.15, 0.2) is 5.69 Å². The number of aromatic amines is 1. The van der Waals surface area contributed by atoms with Gasteiger partial charge in [-0.3, -0.25) is 19.7 Å². The van der Waals surface area contributed by atoms with E-state index in [0.717, 1.165) is 0 Å². The SMILES string of the molecule is CCOC(=O)Cc1cc([N+](=O)[O-])c(C(F)F)[nH]c1=O. The van der Waals surface area contributed by atoms with E-state index in [1.165, 1.54) is 0 Å². The molecule has 0 saturated carbocycles. The highest BCUT2D eigenvalue weighted by Gasteiger charge is 2.25. The van der Waals surface area contributed by atoms with Crippen LogP contribution in [0.15, 0.2) is 10.9 Å². The molecule has 0 spiro atoms. The normalized spacial score (nSPS) is 10.5. The van der Waals surface area contributed by atoms with Crippen molar-refractivity contribution < 1.29 is 23.2 Å². The third-order valence-corrected chi connectivity index (χ3v) is 2.18. The Balaban J connectivity index is 3.21. The molecule has 19 heavy (non-hydrogen) atoms. The average Bonchev–Trinajstić information content (AvgIpc) is 2.31. The van der Waals surface area contributed by atoms with Crippen LogP contribution in [0.4, 0.5) is 14.5 Å². The Labute approximate surface area is 105 Å². The van der Waals surface area contributed by atoms with Crippen LogP contribution in [0.25, 0.3) is 0 Å². The van der Waals surface area contributed by atoms with E-state index in [-0.39, 0.29) is 12.2 Å². The molecule has 104 valence electrons. The predicted molar refractivity (Wildman–Crippen MR) is 59.0 cm³/mol. The smallest absolute Gasteiger partial charge is 0.310 e. The van der Waals surface area contributed by atoms with E-state index in [9.17, 15) is 28.5 Å². The first-order chi connectivity index (χ1) is 8.86. The van der Waals surface area contributed by atoms with E-state index in [1.54, 1.807) is 11.9 Å². The van der Waals surface area contributed by atoms with Crippen LogP contribution in [0.2, 0.25) is 0 Å². The van der Waals surface area contributed by atoms with E-state index >= 15 is 0 Å². The van der Waals surface area contributed by atoms with Crippen molar-refractivity contribution in [1.29, 1.82) is 0 Å². The van der Waals surface area contributed by atoms with Gasteiger partial charge in [0.25, 0.3) is 17.7 Å². The third-order valence-electron chi connectivity index (χ3n) is 2.18. The number of pyridine rings is 1. The second kappa shape index (κ2) is 6.03. The molecule has 9 heteroatoms. The summed E-state index contributed by atoms with van der Waals surface area (Å²) in [5, 5.41) is 10.6. The molecule has 0 radical (unpaired) electrons. The van der Waals surface area contributed by atoms with Gasteiger partial charge in [0.05, 0.1) is 18.0 Å². The average molecular weight is 276 g/mol. The van der Waals surface area contributed by atoms with Gasteiger partial charge in [0.2, 0.25) is 0 Å². The Morgan fingerprint density at radius 2 is 2.21 bits per heavy atom. The number of hydrogen-bond donors (Lipinski definition) is 1. The van der Waals surface area contributed by atoms with Crippen molar-refractivity contribution in [1.82, 2.24) is 4.98 Å². The first kappa shape index (κ1) is 14.7. The first-order valence-corrected chi connectivity index (χ1v) is 5.21. The molecule has 0 saturated heterocycles. The highest BCUT2D eigenvalue weighted by molar-refractivity contribution is 5.72. The van der Waals surface area contributed by atoms with Crippen molar-refractivity contribution in [2.24, 2.45) is 0 Å². The first-order valence-electron chi connectivity index (χ1n) is 5.21. The Kier molecular flexibility index (Phi) is 4.67. The van der Waals surface area contributed by atoms with Crippen LogP contribution in [0.1, 0.15) is 24.6 Å². The molecule has 0 aliphatic heterocycles. The van der Waals surface area contributed by atoms with Gasteiger partial charge < -0.3 is 9.72 Å². The summed E-state index contributed by atoms with van der Waals surface area (Å²) in [7, 11) is 0. The second-order valence-corrected chi connectivity index (χ2v) is 3.46. The topological polar surface area (TPSA) is 102 Å². The number of carbonyl (C=O) groups is 1. The molecular weight excluding hydrogens is 266 g/mol. The molecule has 1 rings (SSSR count). The van der Waals surface area contributed by atoms with Gasteiger partial charge in [0, 0.05) is 11.6 Å². The Hall–Kier alpha value is -2.32. The summed E-state index contributed by atoms with van der Waals surface area (Å²) in [6, 6.07) is 0.664. The second-order valence-electron chi connectivity index (χ2n) is 3.46. The molecule has 1 N–H and O–H groups in total. The number of nitro groups is 1. The lowest BCUT2D eigenvalue weighted by molar-refractivity contribution is -0.386.